The predicted octanol–water partition coefficient (Wildman–Crippen LogP) is 6.81. The second-order valence-electron chi connectivity index (χ2n) is 11.5. The van der Waals surface area contributed by atoms with Crippen LogP contribution in [0.5, 0.6) is 0 Å². The Hall–Kier alpha value is -0.600. The Labute approximate surface area is 179 Å². The molecule has 0 aromatic rings. The molecule has 0 amide bonds. The van der Waals surface area contributed by atoms with E-state index >= 15 is 0 Å². The minimum absolute atomic E-state index is 0.118. The Bertz CT molecular complexity index is 611. The number of fused-ring (bicyclic) bond motifs is 1. The molecule has 29 heavy (non-hydrogen) atoms. The van der Waals surface area contributed by atoms with Gasteiger partial charge in [-0.1, -0.05) is 50.5 Å². The zero-order chi connectivity index (χ0) is 21.2. The highest BCUT2D eigenvalue weighted by Crippen LogP contribution is 2.60. The fourth-order valence-electron chi connectivity index (χ4n) is 6.73. The smallest absolute Gasteiger partial charge is 0.0617 e. The van der Waals surface area contributed by atoms with Crippen LogP contribution in [0.2, 0.25) is 0 Å². The van der Waals surface area contributed by atoms with Crippen molar-refractivity contribution in [2.45, 2.75) is 117 Å². The Morgan fingerprint density at radius 3 is 2.52 bits per heavy atom. The van der Waals surface area contributed by atoms with Crippen LogP contribution in [-0.2, 0) is 0 Å². The van der Waals surface area contributed by atoms with E-state index in [0.29, 0.717) is 11.3 Å². The summed E-state index contributed by atoms with van der Waals surface area (Å²) in [4.78, 5) is 0. The van der Waals surface area contributed by atoms with Gasteiger partial charge in [0.05, 0.1) is 11.7 Å². The van der Waals surface area contributed by atoms with Gasteiger partial charge in [-0.05, 0) is 107 Å². The maximum Gasteiger partial charge on any atom is 0.0617 e. The summed E-state index contributed by atoms with van der Waals surface area (Å²) >= 11 is 0. The quantitative estimate of drug-likeness (QED) is 0.512. The minimum atomic E-state index is -0.567. The van der Waals surface area contributed by atoms with E-state index in [-0.39, 0.29) is 6.10 Å². The van der Waals surface area contributed by atoms with Gasteiger partial charge in [0.2, 0.25) is 0 Å². The van der Waals surface area contributed by atoms with Crippen molar-refractivity contribution < 1.29 is 10.2 Å². The molecule has 0 bridgehead atoms. The lowest BCUT2D eigenvalue weighted by atomic mass is 9.60. The van der Waals surface area contributed by atoms with Crippen LogP contribution in [0, 0.1) is 29.1 Å². The molecule has 0 radical (unpaired) electrons. The van der Waals surface area contributed by atoms with E-state index in [1.807, 2.05) is 13.8 Å². The maximum absolute atomic E-state index is 10.3. The Morgan fingerprint density at radius 1 is 1.07 bits per heavy atom. The molecular weight excluding hydrogens is 356 g/mol. The second-order valence-corrected chi connectivity index (χ2v) is 11.5. The lowest BCUT2D eigenvalue weighted by Crippen LogP contribution is -2.36. The van der Waals surface area contributed by atoms with E-state index in [2.05, 4.69) is 32.9 Å². The highest BCUT2D eigenvalue weighted by molar-refractivity contribution is 5.25. The molecule has 2 N–H and O–H groups in total. The van der Waals surface area contributed by atoms with Gasteiger partial charge in [-0.25, -0.2) is 0 Å². The molecule has 3 aliphatic rings. The van der Waals surface area contributed by atoms with Gasteiger partial charge < -0.3 is 10.2 Å². The summed E-state index contributed by atoms with van der Waals surface area (Å²) in [6.45, 7) is 11.2. The fraction of sp³-hybridized carbons (Fsp3) is 0.852. The van der Waals surface area contributed by atoms with Crippen molar-refractivity contribution in [3.8, 4) is 0 Å². The maximum atomic E-state index is 10.3. The molecule has 3 saturated carbocycles. The van der Waals surface area contributed by atoms with E-state index in [0.717, 1.165) is 43.4 Å². The molecule has 166 valence electrons. The van der Waals surface area contributed by atoms with E-state index in [9.17, 15) is 10.2 Å². The molecule has 0 aromatic heterocycles. The monoisotopic (exact) mass is 402 g/mol. The summed E-state index contributed by atoms with van der Waals surface area (Å²) in [6.07, 6.45) is 17.9. The molecule has 2 nitrogen and oxygen atoms in total. The van der Waals surface area contributed by atoms with Gasteiger partial charge in [-0.3, -0.25) is 0 Å². The fourth-order valence-corrected chi connectivity index (χ4v) is 6.73. The van der Waals surface area contributed by atoms with Gasteiger partial charge in [0.15, 0.2) is 0 Å². The molecular formula is C27H46O2. The van der Waals surface area contributed by atoms with Crippen LogP contribution in [0.25, 0.3) is 0 Å². The SMILES string of the molecule is CC(CC[C@@H](C)C1CCC2/C(=C/C=C3/CCCC(O)C3)CCCC21C)C(C)(C)O. The van der Waals surface area contributed by atoms with Crippen LogP contribution in [0.4, 0.5) is 0 Å². The molecule has 3 fully saturated rings. The van der Waals surface area contributed by atoms with Gasteiger partial charge in [0.1, 0.15) is 0 Å². The van der Waals surface area contributed by atoms with E-state index < -0.39 is 5.60 Å². The summed E-state index contributed by atoms with van der Waals surface area (Å²) < 4.78 is 0. The zero-order valence-electron chi connectivity index (χ0n) is 19.7. The third-order valence-electron chi connectivity index (χ3n) is 9.05. The summed E-state index contributed by atoms with van der Waals surface area (Å²) in [5, 5.41) is 20.3. The van der Waals surface area contributed by atoms with Crippen LogP contribution in [0.15, 0.2) is 23.3 Å². The average molecular weight is 403 g/mol. The van der Waals surface area contributed by atoms with Crippen molar-refractivity contribution in [2.24, 2.45) is 29.1 Å². The number of aliphatic hydroxyl groups is 2. The van der Waals surface area contributed by atoms with Crippen LogP contribution < -0.4 is 0 Å². The molecule has 6 atom stereocenters. The Kier molecular flexibility index (Phi) is 7.37. The number of hydrogen-bond acceptors (Lipinski definition) is 2. The Balaban J connectivity index is 1.66. The van der Waals surface area contributed by atoms with Crippen LogP contribution in [0.3, 0.4) is 0 Å². The van der Waals surface area contributed by atoms with Crippen molar-refractivity contribution >= 4 is 0 Å². The lowest BCUT2D eigenvalue weighted by molar-refractivity contribution is 0.0150. The van der Waals surface area contributed by atoms with Gasteiger partial charge in [-0.2, -0.15) is 0 Å². The minimum Gasteiger partial charge on any atom is -0.393 e. The average Bonchev–Trinajstić information content (AvgIpc) is 3.01. The van der Waals surface area contributed by atoms with Crippen molar-refractivity contribution in [2.75, 3.05) is 0 Å². The van der Waals surface area contributed by atoms with E-state index in [4.69, 9.17) is 0 Å². The molecule has 0 aromatic carbocycles. The van der Waals surface area contributed by atoms with Crippen molar-refractivity contribution in [3.63, 3.8) is 0 Å². The van der Waals surface area contributed by atoms with Crippen LogP contribution >= 0.6 is 0 Å². The first-order valence-corrected chi connectivity index (χ1v) is 12.4. The zero-order valence-corrected chi connectivity index (χ0v) is 19.7. The largest absolute Gasteiger partial charge is 0.393 e. The number of aliphatic hydroxyl groups excluding tert-OH is 1. The Morgan fingerprint density at radius 2 is 1.83 bits per heavy atom. The topological polar surface area (TPSA) is 40.5 Å². The summed E-state index contributed by atoms with van der Waals surface area (Å²) in [5.74, 6) is 2.66. The van der Waals surface area contributed by atoms with Gasteiger partial charge in [0, 0.05) is 0 Å². The van der Waals surface area contributed by atoms with Gasteiger partial charge in [0.25, 0.3) is 0 Å². The first-order valence-electron chi connectivity index (χ1n) is 12.4. The molecule has 3 aliphatic carbocycles. The summed E-state index contributed by atoms with van der Waals surface area (Å²) in [6, 6.07) is 0. The second kappa shape index (κ2) is 9.27. The normalized spacial score (nSPS) is 38.2. The highest BCUT2D eigenvalue weighted by Gasteiger charge is 2.50. The summed E-state index contributed by atoms with van der Waals surface area (Å²) in [5.41, 5.74) is 3.02. The third-order valence-corrected chi connectivity index (χ3v) is 9.05. The van der Waals surface area contributed by atoms with Crippen molar-refractivity contribution in [3.05, 3.63) is 23.3 Å². The van der Waals surface area contributed by atoms with Crippen molar-refractivity contribution in [1.82, 2.24) is 0 Å². The highest BCUT2D eigenvalue weighted by atomic mass is 16.3. The first-order chi connectivity index (χ1) is 13.6. The molecule has 5 unspecified atom stereocenters. The van der Waals surface area contributed by atoms with Crippen LogP contribution in [-0.4, -0.2) is 21.9 Å². The molecule has 3 rings (SSSR count). The van der Waals surface area contributed by atoms with E-state index in [1.54, 1.807) is 5.57 Å². The molecule has 0 heterocycles. The molecule has 0 aliphatic heterocycles. The predicted molar refractivity (Wildman–Crippen MR) is 123 cm³/mol. The summed E-state index contributed by atoms with van der Waals surface area (Å²) in [7, 11) is 0. The number of allylic oxidation sites excluding steroid dienone is 3. The number of hydrogen-bond donors (Lipinski definition) is 2. The molecule has 0 saturated heterocycles. The lowest BCUT2D eigenvalue weighted by Gasteiger charge is -2.44. The molecule has 0 spiro atoms. The van der Waals surface area contributed by atoms with Gasteiger partial charge >= 0.3 is 0 Å². The van der Waals surface area contributed by atoms with E-state index in [1.165, 1.54) is 50.5 Å². The third kappa shape index (κ3) is 5.37. The van der Waals surface area contributed by atoms with Crippen LogP contribution in [0.1, 0.15) is 105 Å². The standard InChI is InChI=1S/C27H46O2/c1-19(11-12-20(2)26(3,4)29)24-15-16-25-22(9-7-17-27(24,25)5)14-13-21-8-6-10-23(28)18-21/h13-14,19-20,23-25,28-29H,6-12,15-18H2,1-5H3/b21-13-,22-14+/t19-,20?,23?,24?,25?,27?/m1/s1. The molecule has 2 heteroatoms. The van der Waals surface area contributed by atoms with Crippen molar-refractivity contribution in [1.29, 1.82) is 0 Å². The first kappa shape index (κ1) is 23.1. The van der Waals surface area contributed by atoms with Gasteiger partial charge in [-0.15, -0.1) is 0 Å². The number of rotatable bonds is 6.